The molecule has 0 aliphatic carbocycles. The zero-order valence-corrected chi connectivity index (χ0v) is 10.8. The van der Waals surface area contributed by atoms with E-state index >= 15 is 0 Å². The molecule has 1 atom stereocenters. The van der Waals surface area contributed by atoms with Crippen molar-refractivity contribution in [2.24, 2.45) is 5.73 Å². The van der Waals surface area contributed by atoms with Gasteiger partial charge in [0, 0.05) is 6.42 Å². The Morgan fingerprint density at radius 3 is 3.00 bits per heavy atom. The molecule has 1 aromatic rings. The minimum absolute atomic E-state index is 0.145. The fourth-order valence-electron chi connectivity index (χ4n) is 1.20. The maximum atomic E-state index is 11.7. The summed E-state index contributed by atoms with van der Waals surface area (Å²) in [4.78, 5) is 23.2. The van der Waals surface area contributed by atoms with Crippen molar-refractivity contribution in [3.63, 3.8) is 0 Å². The Bertz CT molecular complexity index is 476. The number of anilines is 1. The Morgan fingerprint density at radius 2 is 2.39 bits per heavy atom. The molecule has 18 heavy (non-hydrogen) atoms. The lowest BCUT2D eigenvalue weighted by Gasteiger charge is -2.09. The molecule has 1 amide bonds. The lowest BCUT2D eigenvalue weighted by Crippen LogP contribution is -2.35. The second kappa shape index (κ2) is 6.79. The van der Waals surface area contributed by atoms with E-state index in [4.69, 9.17) is 16.9 Å². The third kappa shape index (κ3) is 3.58. The van der Waals surface area contributed by atoms with Gasteiger partial charge in [-0.1, -0.05) is 0 Å². The van der Waals surface area contributed by atoms with Crippen LogP contribution in [0.15, 0.2) is 11.4 Å². The number of esters is 1. The first-order valence-electron chi connectivity index (χ1n) is 5.34. The molecule has 0 bridgehead atoms. The number of nitrogens with one attached hydrogen (secondary N) is 1. The van der Waals surface area contributed by atoms with Gasteiger partial charge in [-0.3, -0.25) is 4.79 Å². The highest BCUT2D eigenvalue weighted by Gasteiger charge is 2.18. The van der Waals surface area contributed by atoms with Gasteiger partial charge in [-0.2, -0.15) is 0 Å². The van der Waals surface area contributed by atoms with Crippen LogP contribution in [-0.4, -0.2) is 24.5 Å². The van der Waals surface area contributed by atoms with Crippen molar-refractivity contribution >= 4 is 28.2 Å². The average molecular weight is 266 g/mol. The fraction of sp³-hybridized carbons (Fsp3) is 0.333. The molecule has 0 radical (unpaired) electrons. The van der Waals surface area contributed by atoms with Crippen molar-refractivity contribution < 1.29 is 14.3 Å². The molecule has 1 heterocycles. The first kappa shape index (κ1) is 14.2. The molecule has 0 spiro atoms. The molecule has 0 aromatic carbocycles. The molecule has 6 heteroatoms. The summed E-state index contributed by atoms with van der Waals surface area (Å²) < 4.78 is 4.87. The van der Waals surface area contributed by atoms with Crippen molar-refractivity contribution in [1.82, 2.24) is 0 Å². The van der Waals surface area contributed by atoms with E-state index in [9.17, 15) is 9.59 Å². The van der Waals surface area contributed by atoms with Crippen LogP contribution in [0.3, 0.4) is 0 Å². The van der Waals surface area contributed by atoms with E-state index in [2.05, 4.69) is 11.2 Å². The molecule has 1 rings (SSSR count). The molecular formula is C12H14N2O3S. The number of nitrogens with two attached hydrogens (primary N) is 1. The van der Waals surface area contributed by atoms with Crippen LogP contribution in [0.25, 0.3) is 0 Å². The minimum atomic E-state index is -0.785. The van der Waals surface area contributed by atoms with Crippen molar-refractivity contribution in [3.8, 4) is 12.3 Å². The Morgan fingerprint density at radius 1 is 1.67 bits per heavy atom. The van der Waals surface area contributed by atoms with Crippen molar-refractivity contribution in [1.29, 1.82) is 0 Å². The smallest absolute Gasteiger partial charge is 0.341 e. The fourth-order valence-corrected chi connectivity index (χ4v) is 1.98. The molecule has 0 saturated carbocycles. The molecule has 5 nitrogen and oxygen atoms in total. The summed E-state index contributed by atoms with van der Waals surface area (Å²) in [6.07, 6.45) is 5.22. The summed E-state index contributed by atoms with van der Waals surface area (Å²) in [5.74, 6) is 1.42. The number of thiophene rings is 1. The second-order valence-electron chi connectivity index (χ2n) is 3.39. The summed E-state index contributed by atoms with van der Waals surface area (Å²) in [7, 11) is 0. The Hall–Kier alpha value is -1.84. The summed E-state index contributed by atoms with van der Waals surface area (Å²) in [5.41, 5.74) is 5.89. The van der Waals surface area contributed by atoms with E-state index < -0.39 is 17.9 Å². The van der Waals surface area contributed by atoms with Gasteiger partial charge in [-0.05, 0) is 18.4 Å². The third-order valence-corrected chi connectivity index (χ3v) is 2.90. The molecule has 96 valence electrons. The van der Waals surface area contributed by atoms with Gasteiger partial charge in [-0.25, -0.2) is 4.79 Å². The van der Waals surface area contributed by atoms with Crippen molar-refractivity contribution in [3.05, 3.63) is 17.0 Å². The number of rotatable bonds is 5. The largest absolute Gasteiger partial charge is 0.462 e. The van der Waals surface area contributed by atoms with E-state index in [0.29, 0.717) is 10.6 Å². The second-order valence-corrected chi connectivity index (χ2v) is 4.30. The first-order chi connectivity index (χ1) is 8.60. The van der Waals surface area contributed by atoms with Crippen LogP contribution < -0.4 is 11.1 Å². The minimum Gasteiger partial charge on any atom is -0.462 e. The molecule has 1 aromatic heterocycles. The Labute approximate surface area is 109 Å². The van der Waals surface area contributed by atoms with E-state index in [1.54, 1.807) is 18.4 Å². The predicted molar refractivity (Wildman–Crippen MR) is 70.3 cm³/mol. The molecule has 1 unspecified atom stereocenters. The topological polar surface area (TPSA) is 81.4 Å². The van der Waals surface area contributed by atoms with Gasteiger partial charge in [0.05, 0.1) is 18.2 Å². The maximum Gasteiger partial charge on any atom is 0.341 e. The van der Waals surface area contributed by atoms with E-state index in [1.165, 1.54) is 11.3 Å². The van der Waals surface area contributed by atoms with Gasteiger partial charge >= 0.3 is 5.97 Å². The normalized spacial score (nSPS) is 11.4. The highest BCUT2D eigenvalue weighted by atomic mass is 32.1. The van der Waals surface area contributed by atoms with Gasteiger partial charge in [0.1, 0.15) is 5.00 Å². The van der Waals surface area contributed by atoms with Gasteiger partial charge in [0.25, 0.3) is 0 Å². The summed E-state index contributed by atoms with van der Waals surface area (Å²) in [6.45, 7) is 1.99. The molecule has 0 saturated heterocycles. The Balaban J connectivity index is 2.74. The Kier molecular flexibility index (Phi) is 5.36. The number of hydrogen-bond donors (Lipinski definition) is 2. The lowest BCUT2D eigenvalue weighted by molar-refractivity contribution is -0.117. The summed E-state index contributed by atoms with van der Waals surface area (Å²) in [5, 5.41) is 4.68. The van der Waals surface area contributed by atoms with Gasteiger partial charge < -0.3 is 15.8 Å². The van der Waals surface area contributed by atoms with E-state index in [-0.39, 0.29) is 13.0 Å². The number of amides is 1. The average Bonchev–Trinajstić information content (AvgIpc) is 2.77. The zero-order valence-electron chi connectivity index (χ0n) is 9.93. The van der Waals surface area contributed by atoms with Gasteiger partial charge in [0.15, 0.2) is 0 Å². The molecule has 0 fully saturated rings. The first-order valence-corrected chi connectivity index (χ1v) is 6.22. The van der Waals surface area contributed by atoms with Crippen LogP contribution in [0.2, 0.25) is 0 Å². The zero-order chi connectivity index (χ0) is 13.5. The number of ether oxygens (including phenoxy) is 1. The van der Waals surface area contributed by atoms with Gasteiger partial charge in [-0.15, -0.1) is 23.7 Å². The molecule has 0 aliphatic heterocycles. The quantitative estimate of drug-likeness (QED) is 0.620. The molecule has 3 N–H and O–H groups in total. The van der Waals surface area contributed by atoms with Crippen LogP contribution in [0.5, 0.6) is 0 Å². The van der Waals surface area contributed by atoms with Crippen LogP contribution in [0, 0.1) is 12.3 Å². The molecule has 0 aliphatic rings. The number of carbonyl (C=O) groups is 2. The van der Waals surface area contributed by atoms with Crippen LogP contribution in [0.4, 0.5) is 5.00 Å². The van der Waals surface area contributed by atoms with Crippen LogP contribution in [-0.2, 0) is 9.53 Å². The number of hydrogen-bond acceptors (Lipinski definition) is 5. The van der Waals surface area contributed by atoms with Crippen LogP contribution >= 0.6 is 11.3 Å². The van der Waals surface area contributed by atoms with E-state index in [0.717, 1.165) is 0 Å². The maximum absolute atomic E-state index is 11.7. The number of terminal acetylenes is 1. The SMILES string of the molecule is C#CCC(N)C(=O)Nc1sccc1C(=O)OCC. The standard InChI is InChI=1S/C12H14N2O3S/c1-3-5-9(13)10(15)14-11-8(6-7-18-11)12(16)17-4-2/h1,6-7,9H,4-5,13H2,2H3,(H,14,15). The van der Waals surface area contributed by atoms with Crippen molar-refractivity contribution in [2.45, 2.75) is 19.4 Å². The monoisotopic (exact) mass is 266 g/mol. The lowest BCUT2D eigenvalue weighted by atomic mass is 10.2. The van der Waals surface area contributed by atoms with E-state index in [1.807, 2.05) is 0 Å². The highest BCUT2D eigenvalue weighted by Crippen LogP contribution is 2.24. The highest BCUT2D eigenvalue weighted by molar-refractivity contribution is 7.14. The van der Waals surface area contributed by atoms with Gasteiger partial charge in [0.2, 0.25) is 5.91 Å². The van der Waals surface area contributed by atoms with Crippen LogP contribution in [0.1, 0.15) is 23.7 Å². The summed E-state index contributed by atoms with van der Waals surface area (Å²) in [6, 6.07) is 0.803. The number of carbonyl (C=O) groups excluding carboxylic acids is 2. The predicted octanol–water partition coefficient (Wildman–Crippen LogP) is 1.21. The summed E-state index contributed by atoms with van der Waals surface area (Å²) >= 11 is 1.23. The van der Waals surface area contributed by atoms with Crippen molar-refractivity contribution in [2.75, 3.05) is 11.9 Å². The third-order valence-electron chi connectivity index (χ3n) is 2.07. The molecular weight excluding hydrogens is 252 g/mol.